The number of nitrogen functional groups attached to an aromatic ring is 1. The van der Waals surface area contributed by atoms with Crippen LogP contribution in [0, 0.1) is 11.6 Å². The van der Waals surface area contributed by atoms with Crippen LogP contribution in [0.25, 0.3) is 0 Å². The van der Waals surface area contributed by atoms with Crippen molar-refractivity contribution < 1.29 is 22.0 Å². The summed E-state index contributed by atoms with van der Waals surface area (Å²) in [5, 5.41) is 11.3. The van der Waals surface area contributed by atoms with Crippen molar-refractivity contribution in [2.45, 2.75) is 4.90 Å². The lowest BCUT2D eigenvalue weighted by molar-refractivity contribution is 0.0939. The van der Waals surface area contributed by atoms with Gasteiger partial charge in [0.05, 0.1) is 4.90 Å². The van der Waals surface area contributed by atoms with Crippen LogP contribution >= 0.6 is 0 Å². The number of carbonyl (C=O) groups is 1. The van der Waals surface area contributed by atoms with E-state index in [1.54, 1.807) is 0 Å². The van der Waals surface area contributed by atoms with Crippen molar-refractivity contribution in [2.24, 2.45) is 5.14 Å². The average molecular weight is 394 g/mol. The molecule has 1 heterocycles. The molecule has 0 unspecified atom stereocenters. The molecular weight excluding hydrogens is 382 g/mol. The molecule has 3 rings (SSSR count). The molecule has 2 aromatic carbocycles. The van der Waals surface area contributed by atoms with Gasteiger partial charge in [-0.15, -0.1) is 5.10 Å². The van der Waals surface area contributed by atoms with Gasteiger partial charge in [-0.05, 0) is 36.4 Å². The van der Waals surface area contributed by atoms with Crippen LogP contribution in [0.5, 0.6) is 0 Å². The number of primary sulfonamides is 1. The third kappa shape index (κ3) is 3.75. The van der Waals surface area contributed by atoms with E-state index in [1.807, 2.05) is 0 Å². The third-order valence-corrected chi connectivity index (χ3v) is 4.36. The number of benzene rings is 2. The van der Waals surface area contributed by atoms with Gasteiger partial charge in [0, 0.05) is 5.69 Å². The first-order chi connectivity index (χ1) is 12.7. The summed E-state index contributed by atoms with van der Waals surface area (Å²) in [7, 11) is -3.87. The molecule has 9 nitrogen and oxygen atoms in total. The lowest BCUT2D eigenvalue weighted by atomic mass is 10.2. The number of rotatable bonds is 4. The minimum absolute atomic E-state index is 0.126. The Morgan fingerprint density at radius 1 is 1.07 bits per heavy atom. The van der Waals surface area contributed by atoms with Gasteiger partial charge in [0.15, 0.2) is 0 Å². The van der Waals surface area contributed by atoms with Crippen LogP contribution in [0.15, 0.2) is 47.4 Å². The van der Waals surface area contributed by atoms with Gasteiger partial charge in [0.25, 0.3) is 5.91 Å². The Bertz CT molecular complexity index is 1110. The molecule has 0 amide bonds. The average Bonchev–Trinajstić information content (AvgIpc) is 2.94. The largest absolute Gasteiger partial charge is 0.366 e. The van der Waals surface area contributed by atoms with E-state index in [1.165, 1.54) is 24.3 Å². The predicted octanol–water partition coefficient (Wildman–Crippen LogP) is 1.22. The summed E-state index contributed by atoms with van der Waals surface area (Å²) in [6, 6.07) is 8.11. The lowest BCUT2D eigenvalue weighted by Crippen LogP contribution is -2.19. The first kappa shape index (κ1) is 18.4. The van der Waals surface area contributed by atoms with Crippen molar-refractivity contribution >= 4 is 33.5 Å². The summed E-state index contributed by atoms with van der Waals surface area (Å²) >= 11 is 0. The molecule has 3 aromatic rings. The number of nitrogens with two attached hydrogens (primary N) is 2. The Morgan fingerprint density at radius 2 is 1.67 bits per heavy atom. The van der Waals surface area contributed by atoms with E-state index in [4.69, 9.17) is 10.9 Å². The van der Waals surface area contributed by atoms with Crippen molar-refractivity contribution in [1.82, 2.24) is 14.8 Å². The topological polar surface area (TPSA) is 146 Å². The standard InChI is InChI=1S/C15H12F2N6O3S/c16-10-2-1-3-11(17)12(10)13(24)23-15(21-14(18)22-23)20-8-4-6-9(7-5-8)27(19,25)26/h1-7H,(H2,19,25,26)(H3,18,20,21,22). The van der Waals surface area contributed by atoms with Gasteiger partial charge in [0.1, 0.15) is 17.2 Å². The fourth-order valence-corrected chi connectivity index (χ4v) is 2.73. The molecule has 5 N–H and O–H groups in total. The number of anilines is 3. The fraction of sp³-hybridized carbons (Fsp3) is 0. The molecule has 0 saturated heterocycles. The number of nitrogens with one attached hydrogen (secondary N) is 1. The summed E-state index contributed by atoms with van der Waals surface area (Å²) in [6.07, 6.45) is 0. The van der Waals surface area contributed by atoms with Crippen molar-refractivity contribution in [1.29, 1.82) is 0 Å². The first-order valence-electron chi connectivity index (χ1n) is 7.28. The summed E-state index contributed by atoms with van der Waals surface area (Å²) in [5.41, 5.74) is 4.97. The maximum absolute atomic E-state index is 13.9. The van der Waals surface area contributed by atoms with Crippen molar-refractivity contribution in [2.75, 3.05) is 11.1 Å². The van der Waals surface area contributed by atoms with E-state index < -0.39 is 33.1 Å². The maximum atomic E-state index is 13.9. The van der Waals surface area contributed by atoms with Gasteiger partial charge >= 0.3 is 0 Å². The van der Waals surface area contributed by atoms with E-state index in [0.29, 0.717) is 10.4 Å². The molecule has 12 heteroatoms. The monoisotopic (exact) mass is 394 g/mol. The molecule has 0 aliphatic carbocycles. The van der Waals surface area contributed by atoms with Gasteiger partial charge in [-0.1, -0.05) is 6.07 Å². The maximum Gasteiger partial charge on any atom is 0.287 e. The number of carbonyl (C=O) groups excluding carboxylic acids is 1. The molecule has 0 radical (unpaired) electrons. The van der Waals surface area contributed by atoms with E-state index in [9.17, 15) is 22.0 Å². The van der Waals surface area contributed by atoms with Gasteiger partial charge in [-0.3, -0.25) is 4.79 Å². The van der Waals surface area contributed by atoms with Crippen LogP contribution in [-0.4, -0.2) is 29.1 Å². The second-order valence-electron chi connectivity index (χ2n) is 5.30. The number of halogens is 2. The van der Waals surface area contributed by atoms with Crippen LogP contribution in [0.3, 0.4) is 0 Å². The minimum atomic E-state index is -3.87. The van der Waals surface area contributed by atoms with Crippen LogP contribution in [-0.2, 0) is 10.0 Å². The summed E-state index contributed by atoms with van der Waals surface area (Å²) in [5.74, 6) is -3.80. The van der Waals surface area contributed by atoms with E-state index >= 15 is 0 Å². The Kier molecular flexibility index (Phi) is 4.59. The number of nitrogens with zero attached hydrogens (tertiary/aromatic N) is 3. The number of hydrogen-bond donors (Lipinski definition) is 3. The van der Waals surface area contributed by atoms with Crippen molar-refractivity contribution in [3.8, 4) is 0 Å². The summed E-state index contributed by atoms with van der Waals surface area (Å²) in [6.45, 7) is 0. The van der Waals surface area contributed by atoms with E-state index in [-0.39, 0.29) is 16.8 Å². The minimum Gasteiger partial charge on any atom is -0.366 e. The van der Waals surface area contributed by atoms with Crippen molar-refractivity contribution in [3.63, 3.8) is 0 Å². The smallest absolute Gasteiger partial charge is 0.287 e. The Morgan fingerprint density at radius 3 is 2.22 bits per heavy atom. The second-order valence-corrected chi connectivity index (χ2v) is 6.86. The highest BCUT2D eigenvalue weighted by Crippen LogP contribution is 2.20. The fourth-order valence-electron chi connectivity index (χ4n) is 2.22. The Hall–Kier alpha value is -3.38. The highest BCUT2D eigenvalue weighted by Gasteiger charge is 2.23. The zero-order chi connectivity index (χ0) is 19.8. The molecule has 0 aliphatic heterocycles. The van der Waals surface area contributed by atoms with Crippen LogP contribution in [0.2, 0.25) is 0 Å². The number of aromatic nitrogens is 3. The zero-order valence-electron chi connectivity index (χ0n) is 13.4. The molecule has 0 fully saturated rings. The van der Waals surface area contributed by atoms with Gasteiger partial charge in [-0.25, -0.2) is 22.3 Å². The Balaban J connectivity index is 1.96. The molecule has 0 atom stereocenters. The second kappa shape index (κ2) is 6.74. The molecule has 0 bridgehead atoms. The number of hydrogen-bond acceptors (Lipinski definition) is 7. The van der Waals surface area contributed by atoms with Gasteiger partial charge in [-0.2, -0.15) is 9.67 Å². The van der Waals surface area contributed by atoms with Crippen LogP contribution < -0.4 is 16.2 Å². The SMILES string of the molecule is Nc1nc(Nc2ccc(S(N)(=O)=O)cc2)n(C(=O)c2c(F)cccc2F)n1. The normalized spacial score (nSPS) is 11.4. The highest BCUT2D eigenvalue weighted by atomic mass is 32.2. The Labute approximate surface area is 151 Å². The zero-order valence-corrected chi connectivity index (χ0v) is 14.2. The quantitative estimate of drug-likeness (QED) is 0.603. The molecule has 0 spiro atoms. The molecule has 1 aromatic heterocycles. The molecular formula is C15H12F2N6O3S. The molecule has 0 aliphatic rings. The molecule has 140 valence electrons. The van der Waals surface area contributed by atoms with Crippen molar-refractivity contribution in [3.05, 3.63) is 59.7 Å². The molecule has 0 saturated carbocycles. The summed E-state index contributed by atoms with van der Waals surface area (Å²) < 4.78 is 50.9. The summed E-state index contributed by atoms with van der Waals surface area (Å²) in [4.78, 5) is 16.2. The van der Waals surface area contributed by atoms with Crippen LogP contribution in [0.1, 0.15) is 10.4 Å². The lowest BCUT2D eigenvalue weighted by Gasteiger charge is -2.08. The first-order valence-corrected chi connectivity index (χ1v) is 8.82. The number of sulfonamides is 1. The van der Waals surface area contributed by atoms with E-state index in [0.717, 1.165) is 18.2 Å². The van der Waals surface area contributed by atoms with E-state index in [2.05, 4.69) is 15.4 Å². The third-order valence-electron chi connectivity index (χ3n) is 3.43. The van der Waals surface area contributed by atoms with Gasteiger partial charge < -0.3 is 11.1 Å². The molecule has 27 heavy (non-hydrogen) atoms. The predicted molar refractivity (Wildman–Crippen MR) is 91.6 cm³/mol. The highest BCUT2D eigenvalue weighted by molar-refractivity contribution is 7.89. The van der Waals surface area contributed by atoms with Gasteiger partial charge in [0.2, 0.25) is 21.9 Å². The van der Waals surface area contributed by atoms with Crippen LogP contribution in [0.4, 0.5) is 26.4 Å².